The van der Waals surface area contributed by atoms with Gasteiger partial charge in [-0.2, -0.15) is 0 Å². The van der Waals surface area contributed by atoms with Gasteiger partial charge in [-0.15, -0.1) is 0 Å². The first-order chi connectivity index (χ1) is 49.2. The zero-order chi connectivity index (χ0) is 72.2. The van der Waals surface area contributed by atoms with E-state index >= 15 is 0 Å². The standard InChI is InChI=1S/C88H162N4O6S2/c1-5-9-13-17-21-25-29-33-37-41-45-49-53-57-64-84(93)80-91(81-85(94)65-58-54-50-46-42-38-34-30-26-22-18-14-10-6-2)69-61-62-78-99-100-79-76-90-73-71-89(72-74-90)75-77-98-88(97)68-63-70-92(82-86(95)66-59-55-51-47-43-39-35-31-27-23-19-15-11-7-3)83-87(96)67-60-56-52-48-44-40-36-32-28-24-20-16-12-8-4/h11-12,15-16,23-24,27-28,33-40,84-87,93-96H,5-10,13-14,17-22,25-26,29-32,41-83H2,1-4H3/b15-11-,16-12-,27-23-,28-24-,37-33-,38-34-,39-35-,40-36-. The van der Waals surface area contributed by atoms with E-state index in [1.807, 2.05) is 21.6 Å². The number of nitrogens with zero attached hydrogens (tertiary/aromatic N) is 4. The summed E-state index contributed by atoms with van der Waals surface area (Å²) in [4.78, 5) is 22.6. The SMILES string of the molecule is CC/C=C\C/C=C\C/C=C\CCCCCCC(O)CN(CCCC(=O)OCCN1CCN(CCSSCCCCN(CC(O)CCCCCC/C=C\CCCCCCCC)CC(O)CCCCCC/C=C\CCCCCCCC)CC1)CC(O)CCCCCC/C=C\C/C=C\C/C=C\CC. The highest BCUT2D eigenvalue weighted by molar-refractivity contribution is 8.76. The van der Waals surface area contributed by atoms with E-state index in [9.17, 15) is 25.2 Å². The maximum atomic E-state index is 13.0. The molecule has 4 N–H and O–H groups in total. The Morgan fingerprint density at radius 3 is 1.02 bits per heavy atom. The van der Waals surface area contributed by atoms with E-state index in [2.05, 4.69) is 145 Å². The van der Waals surface area contributed by atoms with Gasteiger partial charge in [-0.3, -0.25) is 24.4 Å². The molecule has 0 aromatic carbocycles. The summed E-state index contributed by atoms with van der Waals surface area (Å²) >= 11 is 0. The van der Waals surface area contributed by atoms with Crippen LogP contribution in [0.4, 0.5) is 0 Å². The van der Waals surface area contributed by atoms with E-state index in [1.165, 1.54) is 167 Å². The molecule has 0 aromatic heterocycles. The number of hydrogen-bond acceptors (Lipinski definition) is 12. The summed E-state index contributed by atoms with van der Waals surface area (Å²) in [5.74, 6) is 2.07. The Kier molecular flexibility index (Phi) is 74.6. The normalized spacial score (nSPS) is 15.1. The molecular weight excluding hydrogens is 1270 g/mol. The summed E-state index contributed by atoms with van der Waals surface area (Å²) in [5, 5.41) is 44.8. The number of unbranched alkanes of at least 4 members (excludes halogenated alkanes) is 29. The molecule has 1 aliphatic heterocycles. The second-order valence-electron chi connectivity index (χ2n) is 29.1. The van der Waals surface area contributed by atoms with Gasteiger partial charge in [0.15, 0.2) is 0 Å². The van der Waals surface area contributed by atoms with Crippen LogP contribution in [0.2, 0.25) is 0 Å². The van der Waals surface area contributed by atoms with Crippen LogP contribution in [0.3, 0.4) is 0 Å². The fraction of sp³-hybridized carbons (Fsp3) is 0.807. The number of carbonyl (C=O) groups is 1. The molecule has 4 atom stereocenters. The summed E-state index contributed by atoms with van der Waals surface area (Å²) < 4.78 is 5.78. The first kappa shape index (κ1) is 95.8. The quantitative estimate of drug-likeness (QED) is 0.0201. The van der Waals surface area contributed by atoms with Gasteiger partial charge in [0, 0.05) is 83.4 Å². The Balaban J connectivity index is 2.47. The maximum Gasteiger partial charge on any atom is 0.305 e. The van der Waals surface area contributed by atoms with E-state index in [1.54, 1.807) is 0 Å². The van der Waals surface area contributed by atoms with Crippen LogP contribution in [0.15, 0.2) is 97.2 Å². The Bertz CT molecular complexity index is 1850. The van der Waals surface area contributed by atoms with Gasteiger partial charge in [-0.05, 0) is 174 Å². The lowest BCUT2D eigenvalue weighted by Crippen LogP contribution is -2.47. The van der Waals surface area contributed by atoms with Gasteiger partial charge in [0.2, 0.25) is 0 Å². The first-order valence-corrected chi connectivity index (χ1v) is 44.9. The van der Waals surface area contributed by atoms with Crippen LogP contribution in [0.5, 0.6) is 0 Å². The summed E-state index contributed by atoms with van der Waals surface area (Å²) in [6, 6.07) is 0. The highest BCUT2D eigenvalue weighted by atomic mass is 33.1. The third-order valence-corrected chi connectivity index (χ3v) is 21.8. The van der Waals surface area contributed by atoms with Crippen molar-refractivity contribution in [1.29, 1.82) is 0 Å². The Morgan fingerprint density at radius 2 is 0.650 bits per heavy atom. The molecule has 0 aliphatic carbocycles. The third-order valence-electron chi connectivity index (χ3n) is 19.4. The molecule has 0 bridgehead atoms. The number of aliphatic hydroxyl groups excluding tert-OH is 4. The first-order valence-electron chi connectivity index (χ1n) is 42.4. The van der Waals surface area contributed by atoms with Crippen molar-refractivity contribution in [2.75, 3.05) is 96.6 Å². The van der Waals surface area contributed by atoms with Gasteiger partial charge in [-0.25, -0.2) is 0 Å². The zero-order valence-electron chi connectivity index (χ0n) is 65.8. The lowest BCUT2D eigenvalue weighted by molar-refractivity contribution is -0.144. The summed E-state index contributed by atoms with van der Waals surface area (Å²) in [6.45, 7) is 19.2. The van der Waals surface area contributed by atoms with Crippen LogP contribution in [0.25, 0.3) is 0 Å². The molecule has 0 saturated carbocycles. The van der Waals surface area contributed by atoms with Crippen molar-refractivity contribution in [3.63, 3.8) is 0 Å². The van der Waals surface area contributed by atoms with Crippen molar-refractivity contribution < 1.29 is 30.0 Å². The van der Waals surface area contributed by atoms with Crippen LogP contribution < -0.4 is 0 Å². The smallest absolute Gasteiger partial charge is 0.305 e. The number of carbonyl (C=O) groups excluding carboxylic acids is 1. The van der Waals surface area contributed by atoms with Gasteiger partial charge in [0.25, 0.3) is 0 Å². The van der Waals surface area contributed by atoms with Crippen LogP contribution in [0.1, 0.15) is 336 Å². The van der Waals surface area contributed by atoms with Crippen molar-refractivity contribution >= 4 is 27.6 Å². The van der Waals surface area contributed by atoms with Crippen LogP contribution in [-0.4, -0.2) is 167 Å². The lowest BCUT2D eigenvalue weighted by Gasteiger charge is -2.34. The number of allylic oxidation sites excluding steroid dienone is 16. The average Bonchev–Trinajstić information content (AvgIpc) is 1.06. The largest absolute Gasteiger partial charge is 0.464 e. The lowest BCUT2D eigenvalue weighted by atomic mass is 10.1. The molecule has 100 heavy (non-hydrogen) atoms. The van der Waals surface area contributed by atoms with Gasteiger partial charge in [0.05, 0.1) is 24.4 Å². The monoisotopic (exact) mass is 1440 g/mol. The third kappa shape index (κ3) is 70.1. The predicted molar refractivity (Wildman–Crippen MR) is 443 cm³/mol. The fourth-order valence-corrected chi connectivity index (χ4v) is 15.3. The van der Waals surface area contributed by atoms with E-state index in [0.29, 0.717) is 52.2 Å². The highest BCUT2D eigenvalue weighted by Crippen LogP contribution is 2.24. The molecule has 10 nitrogen and oxygen atoms in total. The van der Waals surface area contributed by atoms with Crippen molar-refractivity contribution in [3.8, 4) is 0 Å². The van der Waals surface area contributed by atoms with Crippen molar-refractivity contribution in [1.82, 2.24) is 19.6 Å². The Hall–Kier alpha value is -2.23. The molecule has 0 radical (unpaired) electrons. The minimum atomic E-state index is -0.450. The van der Waals surface area contributed by atoms with E-state index in [-0.39, 0.29) is 18.2 Å². The number of aliphatic hydroxyl groups is 4. The van der Waals surface area contributed by atoms with Crippen molar-refractivity contribution in [2.45, 2.75) is 360 Å². The van der Waals surface area contributed by atoms with Crippen molar-refractivity contribution in [3.05, 3.63) is 97.2 Å². The number of hydrogen-bond donors (Lipinski definition) is 4. The molecular formula is C88H162N4O6S2. The number of piperazine rings is 1. The predicted octanol–water partition coefficient (Wildman–Crippen LogP) is 22.8. The molecule has 1 rings (SSSR count). The molecule has 4 unspecified atom stereocenters. The van der Waals surface area contributed by atoms with Gasteiger partial charge < -0.3 is 25.2 Å². The van der Waals surface area contributed by atoms with E-state index in [4.69, 9.17) is 4.74 Å². The Labute approximate surface area is 627 Å². The van der Waals surface area contributed by atoms with Gasteiger partial charge >= 0.3 is 5.97 Å². The van der Waals surface area contributed by atoms with Crippen molar-refractivity contribution in [2.24, 2.45) is 0 Å². The zero-order valence-corrected chi connectivity index (χ0v) is 67.4. The molecule has 1 aliphatic rings. The fourth-order valence-electron chi connectivity index (χ4n) is 13.1. The minimum absolute atomic E-state index is 0.158. The van der Waals surface area contributed by atoms with Crippen LogP contribution >= 0.6 is 21.6 Å². The molecule has 582 valence electrons. The van der Waals surface area contributed by atoms with Gasteiger partial charge in [0.1, 0.15) is 6.61 Å². The summed E-state index contributed by atoms with van der Waals surface area (Å²) in [6.07, 6.45) is 89.3. The molecule has 1 fully saturated rings. The molecule has 1 heterocycles. The molecule has 0 spiro atoms. The molecule has 1 saturated heterocycles. The Morgan fingerprint density at radius 1 is 0.350 bits per heavy atom. The average molecular weight is 1440 g/mol. The summed E-state index contributed by atoms with van der Waals surface area (Å²) in [7, 11) is 3.98. The summed E-state index contributed by atoms with van der Waals surface area (Å²) in [5.41, 5.74) is 0. The second-order valence-corrected chi connectivity index (χ2v) is 31.8. The second kappa shape index (κ2) is 77.9. The minimum Gasteiger partial charge on any atom is -0.464 e. The van der Waals surface area contributed by atoms with E-state index in [0.717, 1.165) is 186 Å². The van der Waals surface area contributed by atoms with E-state index < -0.39 is 12.2 Å². The number of rotatable bonds is 76. The highest BCUT2D eigenvalue weighted by Gasteiger charge is 2.20. The van der Waals surface area contributed by atoms with Crippen LogP contribution in [0, 0.1) is 0 Å². The number of ether oxygens (including phenoxy) is 1. The van der Waals surface area contributed by atoms with Crippen LogP contribution in [-0.2, 0) is 9.53 Å². The maximum absolute atomic E-state index is 13.0. The topological polar surface area (TPSA) is 120 Å². The molecule has 12 heteroatoms. The number of esters is 1. The molecule has 0 aromatic rings. The van der Waals surface area contributed by atoms with Gasteiger partial charge in [-0.1, -0.05) is 288 Å². The molecule has 0 amide bonds.